The Balaban J connectivity index is 1.67. The van der Waals surface area contributed by atoms with Gasteiger partial charge < -0.3 is 10.2 Å². The monoisotopic (exact) mass is 306 g/mol. The Kier molecular flexibility index (Phi) is 3.30. The van der Waals surface area contributed by atoms with Gasteiger partial charge in [0.25, 0.3) is 0 Å². The largest absolute Gasteiger partial charge is 0.393 e. The number of carbonyl (C=O) groups is 1. The van der Waals surface area contributed by atoms with E-state index in [2.05, 4.69) is 13.8 Å². The van der Waals surface area contributed by atoms with Crippen molar-refractivity contribution in [2.24, 2.45) is 34.5 Å². The van der Waals surface area contributed by atoms with Gasteiger partial charge in [-0.2, -0.15) is 0 Å². The minimum absolute atomic E-state index is 0.0770. The molecule has 0 aromatic heterocycles. The van der Waals surface area contributed by atoms with Crippen molar-refractivity contribution in [1.82, 2.24) is 0 Å². The first kappa shape index (κ1) is 15.1. The number of Topliss-reactive ketones (excluding diaryl/α,β-unsaturated/α-hetero) is 1. The molecule has 2 N–H and O–H groups in total. The van der Waals surface area contributed by atoms with Gasteiger partial charge in [-0.25, -0.2) is 0 Å². The lowest BCUT2D eigenvalue weighted by Crippen LogP contribution is -2.56. The van der Waals surface area contributed by atoms with Gasteiger partial charge in [0.15, 0.2) is 0 Å². The van der Waals surface area contributed by atoms with Crippen molar-refractivity contribution in [1.29, 1.82) is 0 Å². The van der Waals surface area contributed by atoms with Crippen LogP contribution in [0, 0.1) is 34.5 Å². The van der Waals surface area contributed by atoms with Gasteiger partial charge in [0.2, 0.25) is 0 Å². The highest BCUT2D eigenvalue weighted by atomic mass is 16.3. The van der Waals surface area contributed by atoms with Gasteiger partial charge in [-0.05, 0) is 73.5 Å². The van der Waals surface area contributed by atoms with Gasteiger partial charge >= 0.3 is 0 Å². The quantitative estimate of drug-likeness (QED) is 0.723. The van der Waals surface area contributed by atoms with Crippen LogP contribution in [0.15, 0.2) is 0 Å². The summed E-state index contributed by atoms with van der Waals surface area (Å²) in [5, 5.41) is 20.2. The van der Waals surface area contributed by atoms with Crippen LogP contribution >= 0.6 is 0 Å². The minimum atomic E-state index is -0.277. The lowest BCUT2D eigenvalue weighted by atomic mass is 9.45. The maximum Gasteiger partial charge on any atom is 0.136 e. The summed E-state index contributed by atoms with van der Waals surface area (Å²) in [7, 11) is 0. The van der Waals surface area contributed by atoms with Crippen molar-refractivity contribution >= 4 is 5.78 Å². The first-order valence-electron chi connectivity index (χ1n) is 9.22. The molecule has 3 nitrogen and oxygen atoms in total. The Morgan fingerprint density at radius 2 is 1.77 bits per heavy atom. The number of carbonyl (C=O) groups excluding carboxylic acids is 1. The molecule has 3 heteroatoms. The third kappa shape index (κ3) is 1.97. The molecule has 4 fully saturated rings. The Hall–Kier alpha value is -0.410. The van der Waals surface area contributed by atoms with Crippen molar-refractivity contribution in [2.75, 3.05) is 0 Å². The second-order valence-corrected chi connectivity index (χ2v) is 9.32. The van der Waals surface area contributed by atoms with Crippen molar-refractivity contribution in [3.63, 3.8) is 0 Å². The third-order valence-electron chi connectivity index (χ3n) is 8.18. The fourth-order valence-electron chi connectivity index (χ4n) is 7.04. The van der Waals surface area contributed by atoms with Crippen molar-refractivity contribution in [2.45, 2.75) is 77.4 Å². The van der Waals surface area contributed by atoms with Crippen LogP contribution in [0.1, 0.15) is 65.2 Å². The Morgan fingerprint density at radius 1 is 1.00 bits per heavy atom. The summed E-state index contributed by atoms with van der Waals surface area (Å²) in [5.74, 6) is 2.09. The first-order valence-corrected chi connectivity index (χ1v) is 9.22. The zero-order valence-electron chi connectivity index (χ0n) is 13.9. The van der Waals surface area contributed by atoms with Crippen LogP contribution in [-0.4, -0.2) is 28.2 Å². The van der Waals surface area contributed by atoms with Crippen LogP contribution < -0.4 is 0 Å². The number of fused-ring (bicyclic) bond motifs is 5. The highest BCUT2D eigenvalue weighted by molar-refractivity contribution is 5.83. The summed E-state index contributed by atoms with van der Waals surface area (Å²) >= 11 is 0. The van der Waals surface area contributed by atoms with Gasteiger partial charge in [0.1, 0.15) is 5.78 Å². The molecule has 0 amide bonds. The molecule has 0 saturated heterocycles. The summed E-state index contributed by atoms with van der Waals surface area (Å²) in [6, 6.07) is 0. The zero-order valence-corrected chi connectivity index (χ0v) is 13.9. The highest BCUT2D eigenvalue weighted by Crippen LogP contribution is 2.65. The number of aliphatic hydroxyl groups excluding tert-OH is 2. The van der Waals surface area contributed by atoms with Crippen LogP contribution in [0.2, 0.25) is 0 Å². The Bertz CT molecular complexity index is 489. The number of hydrogen-bond acceptors (Lipinski definition) is 3. The Labute approximate surface area is 133 Å². The third-order valence-corrected chi connectivity index (χ3v) is 8.18. The number of ketones is 1. The van der Waals surface area contributed by atoms with Crippen molar-refractivity contribution in [3.8, 4) is 0 Å². The van der Waals surface area contributed by atoms with E-state index in [1.54, 1.807) is 0 Å². The fourth-order valence-corrected chi connectivity index (χ4v) is 7.04. The minimum Gasteiger partial charge on any atom is -0.393 e. The van der Waals surface area contributed by atoms with Gasteiger partial charge in [-0.15, -0.1) is 0 Å². The Morgan fingerprint density at radius 3 is 2.55 bits per heavy atom. The van der Waals surface area contributed by atoms with E-state index in [1.807, 2.05) is 0 Å². The van der Waals surface area contributed by atoms with Crippen LogP contribution in [0.5, 0.6) is 0 Å². The molecule has 4 saturated carbocycles. The van der Waals surface area contributed by atoms with Crippen molar-refractivity contribution in [3.05, 3.63) is 0 Å². The van der Waals surface area contributed by atoms with Crippen LogP contribution in [0.4, 0.5) is 0 Å². The maximum atomic E-state index is 12.8. The van der Waals surface area contributed by atoms with Crippen LogP contribution in [0.25, 0.3) is 0 Å². The molecule has 124 valence electrons. The molecule has 4 rings (SSSR count). The second kappa shape index (κ2) is 4.80. The fraction of sp³-hybridized carbons (Fsp3) is 0.947. The molecule has 22 heavy (non-hydrogen) atoms. The molecule has 4 aliphatic carbocycles. The van der Waals surface area contributed by atoms with E-state index in [4.69, 9.17) is 0 Å². The van der Waals surface area contributed by atoms with Crippen LogP contribution in [-0.2, 0) is 4.79 Å². The van der Waals surface area contributed by atoms with Gasteiger partial charge in [0.05, 0.1) is 12.2 Å². The summed E-state index contributed by atoms with van der Waals surface area (Å²) in [6.45, 7) is 4.67. The van der Waals surface area contributed by atoms with E-state index < -0.39 is 0 Å². The van der Waals surface area contributed by atoms with E-state index in [0.29, 0.717) is 36.4 Å². The smallest absolute Gasteiger partial charge is 0.136 e. The molecule has 0 aliphatic heterocycles. The summed E-state index contributed by atoms with van der Waals surface area (Å²) in [5.41, 5.74) is 0.340. The number of hydrogen-bond donors (Lipinski definition) is 2. The molecule has 0 heterocycles. The molecule has 0 aromatic rings. The molecule has 0 aromatic carbocycles. The predicted octanol–water partition coefficient (Wildman–Crippen LogP) is 2.93. The summed E-state index contributed by atoms with van der Waals surface area (Å²) in [6.07, 6.45) is 7.03. The normalized spacial score (nSPS) is 57.9. The standard InChI is InChI=1S/C19H30O3/c1-18-5-4-14-13(15(18)8-12(21)10-18)9-17(22)16-7-11(20)3-6-19(14,16)2/h11-16,20-21H,3-10H2,1-2H3/t11-,12-,13+,14-,15-,16-,18-,19-/m1/s1. The maximum absolute atomic E-state index is 12.8. The molecule has 0 spiro atoms. The lowest BCUT2D eigenvalue weighted by molar-refractivity contribution is -0.157. The van der Waals surface area contributed by atoms with Gasteiger partial charge in [-0.1, -0.05) is 13.8 Å². The predicted molar refractivity (Wildman–Crippen MR) is 84.1 cm³/mol. The SMILES string of the molecule is C[C@]12CC[C@@H]3[C@H](CC(=O)[C@H]4C[C@H](O)CC[C@@]43C)[C@H]1C[C@@H](O)C2. The number of rotatable bonds is 0. The molecular formula is C19H30O3. The lowest BCUT2D eigenvalue weighted by Gasteiger charge is -2.59. The number of aliphatic hydroxyl groups is 2. The van der Waals surface area contributed by atoms with E-state index in [0.717, 1.165) is 25.7 Å². The van der Waals surface area contributed by atoms with Crippen LogP contribution in [0.3, 0.4) is 0 Å². The molecule has 8 atom stereocenters. The second-order valence-electron chi connectivity index (χ2n) is 9.32. The van der Waals surface area contributed by atoms with Gasteiger partial charge in [-0.3, -0.25) is 4.79 Å². The molecule has 0 radical (unpaired) electrons. The van der Waals surface area contributed by atoms with Crippen molar-refractivity contribution < 1.29 is 15.0 Å². The first-order chi connectivity index (χ1) is 10.3. The molecule has 4 aliphatic rings. The summed E-state index contributed by atoms with van der Waals surface area (Å²) < 4.78 is 0. The molecule has 0 unspecified atom stereocenters. The van der Waals surface area contributed by atoms with E-state index in [-0.39, 0.29) is 29.0 Å². The topological polar surface area (TPSA) is 57.5 Å². The van der Waals surface area contributed by atoms with E-state index in [9.17, 15) is 15.0 Å². The highest BCUT2D eigenvalue weighted by Gasteiger charge is 2.61. The molecule has 0 bridgehead atoms. The average Bonchev–Trinajstić information content (AvgIpc) is 2.76. The average molecular weight is 306 g/mol. The van der Waals surface area contributed by atoms with Gasteiger partial charge in [0, 0.05) is 12.3 Å². The summed E-state index contributed by atoms with van der Waals surface area (Å²) in [4.78, 5) is 12.8. The van der Waals surface area contributed by atoms with E-state index in [1.165, 1.54) is 12.8 Å². The zero-order chi connectivity index (χ0) is 15.7. The molecular weight excluding hydrogens is 276 g/mol. The van der Waals surface area contributed by atoms with E-state index >= 15 is 0 Å².